The predicted molar refractivity (Wildman–Crippen MR) is 57.5 cm³/mol. The topological polar surface area (TPSA) is 26.0 Å². The van der Waals surface area contributed by atoms with Crippen LogP contribution < -0.4 is 0 Å². The molecule has 0 bridgehead atoms. The highest BCUT2D eigenvalue weighted by molar-refractivity contribution is 9.13. The van der Waals surface area contributed by atoms with E-state index in [-0.39, 0.29) is 0 Å². The Morgan fingerprint density at radius 3 is 2.75 bits per heavy atom. The van der Waals surface area contributed by atoms with Crippen molar-refractivity contribution in [3.8, 4) is 0 Å². The van der Waals surface area contributed by atoms with Crippen LogP contribution in [0.5, 0.6) is 0 Å². The Bertz CT molecular complexity index is 232. The van der Waals surface area contributed by atoms with E-state index in [0.29, 0.717) is 4.67 Å². The molecule has 0 aliphatic heterocycles. The number of unbranched alkanes of at least 4 members (excludes halogenated alkanes) is 1. The third kappa shape index (κ3) is 3.11. The maximum atomic E-state index is 5.28. The first kappa shape index (κ1) is 10.6. The molecule has 0 spiro atoms. The Balaban J connectivity index is 2.42. The molecule has 5 heteroatoms. The van der Waals surface area contributed by atoms with Gasteiger partial charge < -0.3 is 4.42 Å². The van der Waals surface area contributed by atoms with Crippen molar-refractivity contribution in [1.29, 1.82) is 0 Å². The van der Waals surface area contributed by atoms with Crippen molar-refractivity contribution < 1.29 is 4.42 Å². The fourth-order valence-electron chi connectivity index (χ4n) is 0.631. The van der Waals surface area contributed by atoms with Crippen LogP contribution in [0.15, 0.2) is 18.9 Å². The summed E-state index contributed by atoms with van der Waals surface area (Å²) in [6.45, 7) is 2.17. The smallest absolute Gasteiger partial charge is 0.257 e. The molecule has 68 valence electrons. The summed E-state index contributed by atoms with van der Waals surface area (Å²) in [5.74, 6) is 1.07. The minimum absolute atomic E-state index is 0.668. The summed E-state index contributed by atoms with van der Waals surface area (Å²) in [5, 5.41) is 0.724. The number of hydrogen-bond acceptors (Lipinski definition) is 3. The normalized spacial score (nSPS) is 10.6. The van der Waals surface area contributed by atoms with Gasteiger partial charge in [0.15, 0.2) is 4.60 Å². The second kappa shape index (κ2) is 5.29. The number of nitrogens with zero attached hydrogens (tertiary/aromatic N) is 1. The van der Waals surface area contributed by atoms with Crippen molar-refractivity contribution in [2.45, 2.75) is 25.0 Å². The Labute approximate surface area is 92.8 Å². The van der Waals surface area contributed by atoms with E-state index in [1.165, 1.54) is 12.8 Å². The summed E-state index contributed by atoms with van der Waals surface area (Å²) in [6.07, 6.45) is 2.40. The van der Waals surface area contributed by atoms with Gasteiger partial charge in [-0.2, -0.15) is 4.98 Å². The third-order valence-electron chi connectivity index (χ3n) is 1.25. The number of hydrogen-bond donors (Lipinski definition) is 0. The van der Waals surface area contributed by atoms with Crippen LogP contribution in [-0.4, -0.2) is 10.7 Å². The van der Waals surface area contributed by atoms with Crippen molar-refractivity contribution in [3.63, 3.8) is 0 Å². The van der Waals surface area contributed by atoms with E-state index in [1.807, 2.05) is 0 Å². The van der Waals surface area contributed by atoms with Gasteiger partial charge in [-0.25, -0.2) is 0 Å². The van der Waals surface area contributed by atoms with Crippen molar-refractivity contribution >= 4 is 43.6 Å². The molecule has 0 unspecified atom stereocenters. The highest BCUT2D eigenvalue weighted by Crippen LogP contribution is 2.28. The van der Waals surface area contributed by atoms with E-state index >= 15 is 0 Å². The zero-order valence-corrected chi connectivity index (χ0v) is 10.6. The van der Waals surface area contributed by atoms with Crippen LogP contribution in [0.4, 0.5) is 0 Å². The van der Waals surface area contributed by atoms with E-state index in [2.05, 4.69) is 43.8 Å². The van der Waals surface area contributed by atoms with E-state index < -0.39 is 0 Å². The molecule has 1 aromatic rings. The van der Waals surface area contributed by atoms with Gasteiger partial charge in [0, 0.05) is 5.75 Å². The van der Waals surface area contributed by atoms with Crippen molar-refractivity contribution in [1.82, 2.24) is 4.98 Å². The van der Waals surface area contributed by atoms with Gasteiger partial charge in [0.05, 0.1) is 0 Å². The molecule has 0 aromatic carbocycles. The molecular weight excluding hydrogens is 306 g/mol. The molecule has 1 heterocycles. The van der Waals surface area contributed by atoms with Crippen LogP contribution in [0.3, 0.4) is 0 Å². The van der Waals surface area contributed by atoms with Crippen LogP contribution in [-0.2, 0) is 0 Å². The van der Waals surface area contributed by atoms with Crippen LogP contribution in [0.1, 0.15) is 19.8 Å². The molecule has 0 N–H and O–H groups in total. The summed E-state index contributed by atoms with van der Waals surface area (Å²) in [6, 6.07) is 0. The quantitative estimate of drug-likeness (QED) is 0.618. The molecular formula is C7H9Br2NOS. The van der Waals surface area contributed by atoms with E-state index in [4.69, 9.17) is 4.42 Å². The molecule has 0 amide bonds. The second-order valence-corrected chi connectivity index (χ2v) is 4.76. The predicted octanol–water partition coefficient (Wildman–Crippen LogP) is 4.09. The van der Waals surface area contributed by atoms with Gasteiger partial charge in [-0.3, -0.25) is 0 Å². The summed E-state index contributed by atoms with van der Waals surface area (Å²) < 4.78 is 6.69. The number of oxazole rings is 1. The zero-order valence-electron chi connectivity index (χ0n) is 6.64. The molecule has 12 heavy (non-hydrogen) atoms. The monoisotopic (exact) mass is 313 g/mol. The number of aromatic nitrogens is 1. The molecule has 2 nitrogen and oxygen atoms in total. The van der Waals surface area contributed by atoms with Crippen molar-refractivity contribution in [2.75, 3.05) is 5.75 Å². The van der Waals surface area contributed by atoms with Crippen LogP contribution >= 0.6 is 43.6 Å². The van der Waals surface area contributed by atoms with E-state index in [1.54, 1.807) is 11.8 Å². The fraction of sp³-hybridized carbons (Fsp3) is 0.571. The first-order valence-corrected chi connectivity index (χ1v) is 6.25. The lowest BCUT2D eigenvalue weighted by molar-refractivity contribution is 0.434. The standard InChI is InChI=1S/C7H9Br2NOS/c1-2-3-4-12-7-10-5(8)6(9)11-7/h2-4H2,1H3. The average molecular weight is 315 g/mol. The number of rotatable bonds is 4. The summed E-state index contributed by atoms with van der Waals surface area (Å²) in [4.78, 5) is 4.15. The first-order chi connectivity index (χ1) is 5.74. The zero-order chi connectivity index (χ0) is 8.97. The lowest BCUT2D eigenvalue weighted by Crippen LogP contribution is -1.77. The lowest BCUT2D eigenvalue weighted by Gasteiger charge is -1.91. The highest BCUT2D eigenvalue weighted by Gasteiger charge is 2.07. The largest absolute Gasteiger partial charge is 0.423 e. The van der Waals surface area contributed by atoms with Crippen LogP contribution in [0.25, 0.3) is 0 Å². The molecule has 0 fully saturated rings. The number of halogens is 2. The Morgan fingerprint density at radius 2 is 2.25 bits per heavy atom. The molecule has 0 saturated heterocycles. The number of thioether (sulfide) groups is 1. The average Bonchev–Trinajstić information content (AvgIpc) is 2.32. The van der Waals surface area contributed by atoms with E-state index in [9.17, 15) is 0 Å². The summed E-state index contributed by atoms with van der Waals surface area (Å²) in [7, 11) is 0. The fourth-order valence-corrected chi connectivity index (χ4v) is 2.25. The lowest BCUT2D eigenvalue weighted by atomic mass is 10.4. The molecule has 0 saturated carbocycles. The van der Waals surface area contributed by atoms with Crippen molar-refractivity contribution in [3.05, 3.63) is 9.27 Å². The SMILES string of the molecule is CCCCSc1nc(Br)c(Br)o1. The van der Waals surface area contributed by atoms with Gasteiger partial charge in [0.1, 0.15) is 0 Å². The molecule has 0 aliphatic rings. The summed E-state index contributed by atoms with van der Waals surface area (Å²) in [5.41, 5.74) is 0. The maximum Gasteiger partial charge on any atom is 0.257 e. The Kier molecular flexibility index (Phi) is 4.68. The third-order valence-corrected chi connectivity index (χ3v) is 3.77. The van der Waals surface area contributed by atoms with Gasteiger partial charge >= 0.3 is 0 Å². The van der Waals surface area contributed by atoms with Crippen molar-refractivity contribution in [2.24, 2.45) is 0 Å². The Hall–Kier alpha value is 0.520. The summed E-state index contributed by atoms with van der Waals surface area (Å²) >= 11 is 8.14. The Morgan fingerprint density at radius 1 is 1.50 bits per heavy atom. The molecule has 0 aliphatic carbocycles. The van der Waals surface area contributed by atoms with Gasteiger partial charge in [-0.1, -0.05) is 25.1 Å². The van der Waals surface area contributed by atoms with Gasteiger partial charge in [0.2, 0.25) is 4.67 Å². The highest BCUT2D eigenvalue weighted by atomic mass is 79.9. The molecule has 1 rings (SSSR count). The second-order valence-electron chi connectivity index (χ2n) is 2.25. The minimum atomic E-state index is 0.668. The first-order valence-electron chi connectivity index (χ1n) is 3.68. The molecule has 1 aromatic heterocycles. The maximum absolute atomic E-state index is 5.28. The minimum Gasteiger partial charge on any atom is -0.423 e. The van der Waals surface area contributed by atoms with Crippen LogP contribution in [0, 0.1) is 0 Å². The van der Waals surface area contributed by atoms with Gasteiger partial charge in [0.25, 0.3) is 5.22 Å². The molecule has 0 radical (unpaired) electrons. The molecule has 0 atom stereocenters. The van der Waals surface area contributed by atoms with Gasteiger partial charge in [-0.05, 0) is 38.3 Å². The van der Waals surface area contributed by atoms with Gasteiger partial charge in [-0.15, -0.1) is 0 Å². The van der Waals surface area contributed by atoms with Crippen LogP contribution in [0.2, 0.25) is 0 Å². The van der Waals surface area contributed by atoms with E-state index in [0.717, 1.165) is 15.6 Å².